The molecule has 1 saturated carbocycles. The van der Waals surface area contributed by atoms with Gasteiger partial charge in [0.05, 0.1) is 11.4 Å². The number of benzene rings is 1. The third-order valence-corrected chi connectivity index (χ3v) is 5.12. The summed E-state index contributed by atoms with van der Waals surface area (Å²) in [5.74, 6) is 0.923. The van der Waals surface area contributed by atoms with Crippen LogP contribution in [0.2, 0.25) is 0 Å². The summed E-state index contributed by atoms with van der Waals surface area (Å²) in [4.78, 5) is 16.0. The predicted molar refractivity (Wildman–Crippen MR) is 87.8 cm³/mol. The maximum absolute atomic E-state index is 12.2. The van der Waals surface area contributed by atoms with Gasteiger partial charge in [-0.3, -0.25) is 4.79 Å². The summed E-state index contributed by atoms with van der Waals surface area (Å²) in [5, 5.41) is 2.73. The first-order valence-corrected chi connectivity index (χ1v) is 9.17. The van der Waals surface area contributed by atoms with E-state index in [0.717, 1.165) is 18.4 Å². The summed E-state index contributed by atoms with van der Waals surface area (Å²) in [6.45, 7) is 3.30. The average molecular weight is 349 g/mol. The number of sulfonamides is 1. The molecule has 2 aromatic rings. The van der Waals surface area contributed by atoms with Crippen molar-refractivity contribution in [2.45, 2.75) is 37.6 Å². The third-order valence-electron chi connectivity index (χ3n) is 3.71. The molecule has 0 bridgehead atoms. The van der Waals surface area contributed by atoms with Gasteiger partial charge < -0.3 is 9.73 Å². The summed E-state index contributed by atoms with van der Waals surface area (Å²) in [6.07, 6.45) is 1.92. The van der Waals surface area contributed by atoms with Crippen molar-refractivity contribution in [3.8, 4) is 11.3 Å². The Balaban J connectivity index is 1.69. The fourth-order valence-electron chi connectivity index (χ4n) is 2.34. The van der Waals surface area contributed by atoms with Crippen LogP contribution < -0.4 is 10.0 Å². The summed E-state index contributed by atoms with van der Waals surface area (Å²) in [6, 6.07) is 6.52. The van der Waals surface area contributed by atoms with E-state index in [1.807, 2.05) is 0 Å². The van der Waals surface area contributed by atoms with Gasteiger partial charge >= 0.3 is 0 Å². The van der Waals surface area contributed by atoms with E-state index in [9.17, 15) is 13.2 Å². The highest BCUT2D eigenvalue weighted by Crippen LogP contribution is 2.24. The second kappa shape index (κ2) is 6.37. The molecule has 3 rings (SSSR count). The molecule has 0 radical (unpaired) electrons. The van der Waals surface area contributed by atoms with Crippen LogP contribution in [0.15, 0.2) is 33.6 Å². The van der Waals surface area contributed by atoms with Gasteiger partial charge in [0.25, 0.3) is 0 Å². The van der Waals surface area contributed by atoms with Gasteiger partial charge in [0.15, 0.2) is 5.89 Å². The molecule has 1 aromatic heterocycles. The van der Waals surface area contributed by atoms with E-state index in [4.69, 9.17) is 4.42 Å². The molecule has 128 valence electrons. The number of aromatic nitrogens is 1. The van der Waals surface area contributed by atoms with Crippen LogP contribution in [-0.4, -0.2) is 31.9 Å². The van der Waals surface area contributed by atoms with Gasteiger partial charge in [0.1, 0.15) is 11.5 Å². The van der Waals surface area contributed by atoms with E-state index in [-0.39, 0.29) is 23.4 Å². The van der Waals surface area contributed by atoms with Gasteiger partial charge in [0.2, 0.25) is 15.9 Å². The first-order valence-electron chi connectivity index (χ1n) is 7.68. The van der Waals surface area contributed by atoms with Crippen LogP contribution in [-0.2, 0) is 14.8 Å². The smallest absolute Gasteiger partial charge is 0.241 e. The lowest BCUT2D eigenvalue weighted by Gasteiger charge is -2.08. The standard InChI is InChI=1S/C16H19N3O4S/c1-10-16(18-11(2)23-10)12-3-7-14(8-4-12)24(21,22)17-9-15(20)19-13-5-6-13/h3-4,7-8,13,17H,5-6,9H2,1-2H3,(H,19,20). The highest BCUT2D eigenvalue weighted by atomic mass is 32.2. The Morgan fingerprint density at radius 3 is 2.46 bits per heavy atom. The maximum atomic E-state index is 12.2. The first-order chi connectivity index (χ1) is 11.3. The molecule has 24 heavy (non-hydrogen) atoms. The zero-order valence-corrected chi connectivity index (χ0v) is 14.3. The van der Waals surface area contributed by atoms with Gasteiger partial charge in [-0.1, -0.05) is 12.1 Å². The topological polar surface area (TPSA) is 101 Å². The number of nitrogens with one attached hydrogen (secondary N) is 2. The van der Waals surface area contributed by atoms with Crippen LogP contribution in [0.25, 0.3) is 11.3 Å². The molecule has 1 aromatic carbocycles. The monoisotopic (exact) mass is 349 g/mol. The molecule has 1 aliphatic carbocycles. The summed E-state index contributed by atoms with van der Waals surface area (Å²) < 4.78 is 32.2. The Hall–Kier alpha value is -2.19. The zero-order valence-electron chi connectivity index (χ0n) is 13.5. The van der Waals surface area contributed by atoms with Crippen LogP contribution in [0.4, 0.5) is 0 Å². The van der Waals surface area contributed by atoms with Gasteiger partial charge in [-0.15, -0.1) is 0 Å². The van der Waals surface area contributed by atoms with Crippen LogP contribution >= 0.6 is 0 Å². The molecular weight excluding hydrogens is 330 g/mol. The van der Waals surface area contributed by atoms with E-state index in [1.54, 1.807) is 26.0 Å². The van der Waals surface area contributed by atoms with Gasteiger partial charge in [-0.2, -0.15) is 0 Å². The number of oxazole rings is 1. The molecule has 2 N–H and O–H groups in total. The molecule has 8 heteroatoms. The first kappa shape index (κ1) is 16.7. The second-order valence-corrected chi connectivity index (χ2v) is 7.60. The molecule has 7 nitrogen and oxygen atoms in total. The number of rotatable bonds is 6. The molecule has 0 unspecified atom stereocenters. The van der Waals surface area contributed by atoms with Gasteiger partial charge in [0, 0.05) is 18.5 Å². The van der Waals surface area contributed by atoms with E-state index >= 15 is 0 Å². The Labute approximate surface area is 140 Å². The minimum Gasteiger partial charge on any atom is -0.446 e. The number of nitrogens with zero attached hydrogens (tertiary/aromatic N) is 1. The van der Waals surface area contributed by atoms with Crippen LogP contribution in [0.1, 0.15) is 24.5 Å². The zero-order chi connectivity index (χ0) is 17.3. The van der Waals surface area contributed by atoms with Crippen molar-refractivity contribution in [3.05, 3.63) is 35.9 Å². The molecule has 1 heterocycles. The Morgan fingerprint density at radius 1 is 1.25 bits per heavy atom. The van der Waals surface area contributed by atoms with Gasteiger partial charge in [-0.05, 0) is 31.9 Å². The van der Waals surface area contributed by atoms with Crippen LogP contribution in [0.5, 0.6) is 0 Å². The van der Waals surface area contributed by atoms with Gasteiger partial charge in [-0.25, -0.2) is 18.1 Å². The molecule has 1 amide bonds. The summed E-state index contributed by atoms with van der Waals surface area (Å²) in [7, 11) is -3.73. The highest BCUT2D eigenvalue weighted by Gasteiger charge is 2.24. The predicted octanol–water partition coefficient (Wildman–Crippen LogP) is 1.52. The Bertz CT molecular complexity index is 852. The molecule has 1 fully saturated rings. The number of hydrogen-bond donors (Lipinski definition) is 2. The number of hydrogen-bond acceptors (Lipinski definition) is 5. The van der Waals surface area contributed by atoms with Crippen molar-refractivity contribution in [1.29, 1.82) is 0 Å². The van der Waals surface area contributed by atoms with E-state index in [0.29, 0.717) is 17.3 Å². The van der Waals surface area contributed by atoms with E-state index in [1.165, 1.54) is 12.1 Å². The summed E-state index contributed by atoms with van der Waals surface area (Å²) in [5.41, 5.74) is 1.46. The number of carbonyl (C=O) groups is 1. The highest BCUT2D eigenvalue weighted by molar-refractivity contribution is 7.89. The average Bonchev–Trinajstić information content (AvgIpc) is 3.28. The Kier molecular flexibility index (Phi) is 4.42. The van der Waals surface area contributed by atoms with Crippen molar-refractivity contribution in [2.75, 3.05) is 6.54 Å². The Morgan fingerprint density at radius 2 is 1.92 bits per heavy atom. The molecule has 1 aliphatic rings. The quantitative estimate of drug-likeness (QED) is 0.823. The lowest BCUT2D eigenvalue weighted by Crippen LogP contribution is -2.37. The van der Waals surface area contributed by atoms with E-state index < -0.39 is 10.0 Å². The van der Waals surface area contributed by atoms with Crippen molar-refractivity contribution < 1.29 is 17.6 Å². The molecule has 0 aliphatic heterocycles. The van der Waals surface area contributed by atoms with Crippen molar-refractivity contribution in [3.63, 3.8) is 0 Å². The lowest BCUT2D eigenvalue weighted by atomic mass is 10.1. The van der Waals surface area contributed by atoms with Crippen molar-refractivity contribution >= 4 is 15.9 Å². The summed E-state index contributed by atoms with van der Waals surface area (Å²) >= 11 is 0. The minimum atomic E-state index is -3.73. The molecule has 0 saturated heterocycles. The fourth-order valence-corrected chi connectivity index (χ4v) is 3.32. The molecular formula is C16H19N3O4S. The number of carbonyl (C=O) groups excluding carboxylic acids is 1. The minimum absolute atomic E-state index is 0.100. The lowest BCUT2D eigenvalue weighted by molar-refractivity contribution is -0.120. The van der Waals surface area contributed by atoms with Crippen molar-refractivity contribution in [2.24, 2.45) is 0 Å². The van der Waals surface area contributed by atoms with Crippen LogP contribution in [0.3, 0.4) is 0 Å². The second-order valence-electron chi connectivity index (χ2n) is 5.83. The third kappa shape index (κ3) is 3.82. The number of aryl methyl sites for hydroxylation is 2. The number of amides is 1. The fraction of sp³-hybridized carbons (Fsp3) is 0.375. The van der Waals surface area contributed by atoms with E-state index in [2.05, 4.69) is 15.0 Å². The maximum Gasteiger partial charge on any atom is 0.241 e. The molecule has 0 spiro atoms. The largest absolute Gasteiger partial charge is 0.446 e. The van der Waals surface area contributed by atoms with Crippen LogP contribution in [0, 0.1) is 13.8 Å². The normalized spacial score (nSPS) is 14.6. The molecule has 0 atom stereocenters. The SMILES string of the molecule is Cc1nc(-c2ccc(S(=O)(=O)NCC(=O)NC3CC3)cc2)c(C)o1. The van der Waals surface area contributed by atoms with Crippen molar-refractivity contribution in [1.82, 2.24) is 15.0 Å².